The Bertz CT molecular complexity index is 489. The normalized spacial score (nSPS) is 24.4. The summed E-state index contributed by atoms with van der Waals surface area (Å²) in [5, 5.41) is 6.63. The van der Waals surface area contributed by atoms with Crippen molar-refractivity contribution in [1.82, 2.24) is 10.6 Å². The fourth-order valence-electron chi connectivity index (χ4n) is 3.52. The van der Waals surface area contributed by atoms with E-state index in [1.807, 2.05) is 18.2 Å². The summed E-state index contributed by atoms with van der Waals surface area (Å²) < 4.78 is 0. The Morgan fingerprint density at radius 3 is 2.55 bits per heavy atom. The fourth-order valence-corrected chi connectivity index (χ4v) is 3.52. The SMILES string of the molecule is CC(C)(NC(=O)C1CC12CCNCC2)c1ccccc1. The molecule has 1 aliphatic carbocycles. The van der Waals surface area contributed by atoms with Gasteiger partial charge in [0, 0.05) is 5.92 Å². The van der Waals surface area contributed by atoms with E-state index in [1.54, 1.807) is 0 Å². The van der Waals surface area contributed by atoms with Crippen LogP contribution in [-0.4, -0.2) is 19.0 Å². The predicted molar refractivity (Wildman–Crippen MR) is 80.3 cm³/mol. The van der Waals surface area contributed by atoms with Crippen LogP contribution in [-0.2, 0) is 10.3 Å². The Hall–Kier alpha value is -1.35. The maximum absolute atomic E-state index is 12.5. The molecule has 1 saturated heterocycles. The minimum atomic E-state index is -0.297. The molecule has 108 valence electrons. The molecular weight excluding hydrogens is 248 g/mol. The van der Waals surface area contributed by atoms with Crippen LogP contribution in [0.4, 0.5) is 0 Å². The highest BCUT2D eigenvalue weighted by molar-refractivity contribution is 5.83. The molecule has 2 N–H and O–H groups in total. The molecule has 0 aromatic heterocycles. The summed E-state index contributed by atoms with van der Waals surface area (Å²) in [5.41, 5.74) is 1.17. The molecule has 0 bridgehead atoms. The Kier molecular flexibility index (Phi) is 3.33. The molecule has 1 aliphatic heterocycles. The summed E-state index contributed by atoms with van der Waals surface area (Å²) in [6.07, 6.45) is 3.37. The van der Waals surface area contributed by atoms with Gasteiger partial charge in [-0.15, -0.1) is 0 Å². The van der Waals surface area contributed by atoms with Crippen LogP contribution in [0.5, 0.6) is 0 Å². The first-order valence-electron chi connectivity index (χ1n) is 7.62. The van der Waals surface area contributed by atoms with Crippen molar-refractivity contribution < 1.29 is 4.79 Å². The highest BCUT2D eigenvalue weighted by Gasteiger charge is 2.58. The molecule has 2 fully saturated rings. The van der Waals surface area contributed by atoms with Crippen LogP contribution >= 0.6 is 0 Å². The Balaban J connectivity index is 1.65. The quantitative estimate of drug-likeness (QED) is 0.887. The molecular formula is C17H24N2O. The lowest BCUT2D eigenvalue weighted by atomic mass is 9.90. The first kappa shape index (κ1) is 13.6. The zero-order valence-electron chi connectivity index (χ0n) is 12.4. The molecule has 3 rings (SSSR count). The molecule has 1 heterocycles. The molecule has 1 atom stereocenters. The van der Waals surface area contributed by atoms with Crippen molar-refractivity contribution in [1.29, 1.82) is 0 Å². The highest BCUT2D eigenvalue weighted by atomic mass is 16.2. The second-order valence-corrected chi connectivity index (χ2v) is 6.85. The van der Waals surface area contributed by atoms with E-state index in [1.165, 1.54) is 0 Å². The summed E-state index contributed by atoms with van der Waals surface area (Å²) in [6, 6.07) is 10.2. The largest absolute Gasteiger partial charge is 0.347 e. The molecule has 3 nitrogen and oxygen atoms in total. The van der Waals surface area contributed by atoms with E-state index in [-0.39, 0.29) is 17.4 Å². The molecule has 2 aliphatic rings. The number of benzene rings is 1. The molecule has 1 aromatic rings. The van der Waals surface area contributed by atoms with E-state index in [4.69, 9.17) is 0 Å². The van der Waals surface area contributed by atoms with Crippen LogP contribution in [0.25, 0.3) is 0 Å². The summed E-state index contributed by atoms with van der Waals surface area (Å²) >= 11 is 0. The van der Waals surface area contributed by atoms with Gasteiger partial charge in [0.15, 0.2) is 0 Å². The van der Waals surface area contributed by atoms with Gasteiger partial charge in [0.05, 0.1) is 5.54 Å². The van der Waals surface area contributed by atoms with E-state index < -0.39 is 0 Å². The van der Waals surface area contributed by atoms with Crippen molar-refractivity contribution >= 4 is 5.91 Å². The molecule has 1 amide bonds. The highest BCUT2D eigenvalue weighted by Crippen LogP contribution is 2.58. The topological polar surface area (TPSA) is 41.1 Å². The fraction of sp³-hybridized carbons (Fsp3) is 0.588. The number of rotatable bonds is 3. The third kappa shape index (κ3) is 2.47. The first-order chi connectivity index (χ1) is 9.54. The second-order valence-electron chi connectivity index (χ2n) is 6.85. The molecule has 20 heavy (non-hydrogen) atoms. The maximum atomic E-state index is 12.5. The van der Waals surface area contributed by atoms with Crippen LogP contribution < -0.4 is 10.6 Å². The summed E-state index contributed by atoms with van der Waals surface area (Å²) in [7, 11) is 0. The van der Waals surface area contributed by atoms with Crippen LogP contribution in [0.3, 0.4) is 0 Å². The summed E-state index contributed by atoms with van der Waals surface area (Å²) in [6.45, 7) is 6.28. The average molecular weight is 272 g/mol. The maximum Gasteiger partial charge on any atom is 0.224 e. The molecule has 0 radical (unpaired) electrons. The molecule has 1 saturated carbocycles. The van der Waals surface area contributed by atoms with E-state index in [0.29, 0.717) is 5.41 Å². The van der Waals surface area contributed by atoms with Gasteiger partial charge in [-0.1, -0.05) is 30.3 Å². The van der Waals surface area contributed by atoms with Gasteiger partial charge in [0.25, 0.3) is 0 Å². The predicted octanol–water partition coefficient (Wildman–Crippen LogP) is 2.43. The lowest BCUT2D eigenvalue weighted by molar-refractivity contribution is -0.125. The Morgan fingerprint density at radius 1 is 1.25 bits per heavy atom. The molecule has 1 aromatic carbocycles. The Morgan fingerprint density at radius 2 is 1.90 bits per heavy atom. The van der Waals surface area contributed by atoms with Crippen molar-refractivity contribution in [3.05, 3.63) is 35.9 Å². The van der Waals surface area contributed by atoms with E-state index >= 15 is 0 Å². The van der Waals surface area contributed by atoms with Crippen molar-refractivity contribution in [3.8, 4) is 0 Å². The van der Waals surface area contributed by atoms with Gasteiger partial charge in [0.2, 0.25) is 5.91 Å². The minimum absolute atomic E-state index is 0.229. The van der Waals surface area contributed by atoms with E-state index in [0.717, 1.165) is 37.9 Å². The van der Waals surface area contributed by atoms with Gasteiger partial charge >= 0.3 is 0 Å². The first-order valence-corrected chi connectivity index (χ1v) is 7.62. The third-order valence-corrected chi connectivity index (χ3v) is 5.04. The average Bonchev–Trinajstić information content (AvgIpc) is 3.14. The lowest BCUT2D eigenvalue weighted by Gasteiger charge is -2.28. The van der Waals surface area contributed by atoms with Crippen LogP contribution in [0, 0.1) is 11.3 Å². The standard InChI is InChI=1S/C17H24N2O/c1-16(2,13-6-4-3-5-7-13)19-15(20)14-12-17(14)8-10-18-11-9-17/h3-7,14,18H,8-12H2,1-2H3,(H,19,20). The molecule has 1 spiro atoms. The van der Waals surface area contributed by atoms with Crippen molar-refractivity contribution in [2.24, 2.45) is 11.3 Å². The van der Waals surface area contributed by atoms with Gasteiger partial charge < -0.3 is 10.6 Å². The summed E-state index contributed by atoms with van der Waals surface area (Å²) in [5.74, 6) is 0.466. The molecule has 1 unspecified atom stereocenters. The number of nitrogens with one attached hydrogen (secondary N) is 2. The zero-order chi connectivity index (χ0) is 14.2. The zero-order valence-corrected chi connectivity index (χ0v) is 12.4. The van der Waals surface area contributed by atoms with Crippen molar-refractivity contribution in [2.75, 3.05) is 13.1 Å². The van der Waals surface area contributed by atoms with Gasteiger partial charge in [-0.05, 0) is 57.2 Å². The van der Waals surface area contributed by atoms with Gasteiger partial charge in [0.1, 0.15) is 0 Å². The van der Waals surface area contributed by atoms with Gasteiger partial charge in [-0.25, -0.2) is 0 Å². The van der Waals surface area contributed by atoms with E-state index in [9.17, 15) is 4.79 Å². The number of amides is 1. The minimum Gasteiger partial charge on any atom is -0.347 e. The number of carbonyl (C=O) groups is 1. The van der Waals surface area contributed by atoms with E-state index in [2.05, 4.69) is 36.6 Å². The Labute approximate surface area is 121 Å². The number of carbonyl (C=O) groups excluding carboxylic acids is 1. The van der Waals surface area contributed by atoms with Crippen molar-refractivity contribution in [2.45, 2.75) is 38.6 Å². The monoisotopic (exact) mass is 272 g/mol. The number of hydrogen-bond donors (Lipinski definition) is 2. The van der Waals surface area contributed by atoms with Gasteiger partial charge in [-0.2, -0.15) is 0 Å². The second kappa shape index (κ2) is 4.88. The smallest absolute Gasteiger partial charge is 0.224 e. The third-order valence-electron chi connectivity index (χ3n) is 5.04. The lowest BCUT2D eigenvalue weighted by Crippen LogP contribution is -2.43. The molecule has 3 heteroatoms. The van der Waals surface area contributed by atoms with Crippen LogP contribution in [0.1, 0.15) is 38.7 Å². The summed E-state index contributed by atoms with van der Waals surface area (Å²) in [4.78, 5) is 12.5. The van der Waals surface area contributed by atoms with Crippen molar-refractivity contribution in [3.63, 3.8) is 0 Å². The van der Waals surface area contributed by atoms with Crippen LogP contribution in [0.15, 0.2) is 30.3 Å². The number of hydrogen-bond acceptors (Lipinski definition) is 2. The van der Waals surface area contributed by atoms with Crippen LogP contribution in [0.2, 0.25) is 0 Å². The van der Waals surface area contributed by atoms with Gasteiger partial charge in [-0.3, -0.25) is 4.79 Å². The number of piperidine rings is 1.